The van der Waals surface area contributed by atoms with Crippen LogP contribution in [0.3, 0.4) is 0 Å². The van der Waals surface area contributed by atoms with Gasteiger partial charge in [-0.2, -0.15) is 0 Å². The fourth-order valence-electron chi connectivity index (χ4n) is 2.76. The van der Waals surface area contributed by atoms with Crippen molar-refractivity contribution in [2.24, 2.45) is 5.92 Å². The summed E-state index contributed by atoms with van der Waals surface area (Å²) in [5, 5.41) is 10.4. The van der Waals surface area contributed by atoms with Crippen LogP contribution >= 0.6 is 0 Å². The van der Waals surface area contributed by atoms with Crippen molar-refractivity contribution >= 4 is 0 Å². The number of benzene rings is 1. The molecular weight excluding hydrogens is 231 g/mol. The van der Waals surface area contributed by atoms with E-state index in [0.29, 0.717) is 5.92 Å². The summed E-state index contributed by atoms with van der Waals surface area (Å²) in [6, 6.07) is 4.65. The van der Waals surface area contributed by atoms with Gasteiger partial charge in [-0.25, -0.2) is 4.39 Å². The van der Waals surface area contributed by atoms with Crippen LogP contribution in [0.5, 0.6) is 5.75 Å². The highest BCUT2D eigenvalue weighted by Crippen LogP contribution is 2.34. The molecule has 100 valence electrons. The zero-order valence-corrected chi connectivity index (χ0v) is 10.9. The SMILES string of the molecule is COc1cc(C(O)C2CCCCCC2)ccc1F. The smallest absolute Gasteiger partial charge is 0.165 e. The van der Waals surface area contributed by atoms with Crippen LogP contribution in [-0.4, -0.2) is 12.2 Å². The molecule has 1 fully saturated rings. The Balaban J connectivity index is 2.13. The lowest BCUT2D eigenvalue weighted by Gasteiger charge is -2.22. The fourth-order valence-corrected chi connectivity index (χ4v) is 2.76. The average Bonchev–Trinajstić information content (AvgIpc) is 2.67. The maximum Gasteiger partial charge on any atom is 0.165 e. The highest BCUT2D eigenvalue weighted by atomic mass is 19.1. The minimum Gasteiger partial charge on any atom is -0.494 e. The van der Waals surface area contributed by atoms with Crippen molar-refractivity contribution in [3.05, 3.63) is 29.6 Å². The summed E-state index contributed by atoms with van der Waals surface area (Å²) in [6.45, 7) is 0. The van der Waals surface area contributed by atoms with Crippen LogP contribution in [0.15, 0.2) is 18.2 Å². The molecule has 0 aliphatic heterocycles. The second-order valence-corrected chi connectivity index (χ2v) is 5.09. The first-order valence-electron chi connectivity index (χ1n) is 6.74. The molecular formula is C15H21FO2. The fraction of sp³-hybridized carbons (Fsp3) is 0.600. The molecule has 0 amide bonds. The summed E-state index contributed by atoms with van der Waals surface area (Å²) in [6.07, 6.45) is 6.49. The Morgan fingerprint density at radius 1 is 1.22 bits per heavy atom. The third-order valence-corrected chi connectivity index (χ3v) is 3.86. The Kier molecular flexibility index (Phi) is 4.59. The number of aliphatic hydroxyl groups excluding tert-OH is 1. The van der Waals surface area contributed by atoms with Crippen LogP contribution in [0.4, 0.5) is 4.39 Å². The lowest BCUT2D eigenvalue weighted by Crippen LogP contribution is -2.12. The maximum absolute atomic E-state index is 13.3. The number of halogens is 1. The standard InChI is InChI=1S/C15H21FO2/c1-18-14-10-12(8-9-13(14)16)15(17)11-6-4-2-3-5-7-11/h8-11,15,17H,2-7H2,1H3. The van der Waals surface area contributed by atoms with Crippen LogP contribution < -0.4 is 4.74 Å². The molecule has 0 heterocycles. The molecule has 1 N–H and O–H groups in total. The number of hydrogen-bond donors (Lipinski definition) is 1. The molecule has 3 heteroatoms. The van der Waals surface area contributed by atoms with Crippen molar-refractivity contribution < 1.29 is 14.2 Å². The largest absolute Gasteiger partial charge is 0.494 e. The van der Waals surface area contributed by atoms with E-state index >= 15 is 0 Å². The molecule has 1 atom stereocenters. The van der Waals surface area contributed by atoms with Gasteiger partial charge in [-0.3, -0.25) is 0 Å². The van der Waals surface area contributed by atoms with Crippen molar-refractivity contribution in [1.29, 1.82) is 0 Å². The van der Waals surface area contributed by atoms with E-state index in [2.05, 4.69) is 0 Å². The van der Waals surface area contributed by atoms with Crippen LogP contribution in [0.2, 0.25) is 0 Å². The minimum absolute atomic E-state index is 0.208. The van der Waals surface area contributed by atoms with Gasteiger partial charge < -0.3 is 9.84 Å². The Labute approximate surface area is 108 Å². The molecule has 18 heavy (non-hydrogen) atoms. The predicted molar refractivity (Wildman–Crippen MR) is 69.1 cm³/mol. The normalized spacial score (nSPS) is 19.3. The summed E-state index contributed by atoms with van der Waals surface area (Å²) in [7, 11) is 1.44. The number of aliphatic hydroxyl groups is 1. The van der Waals surface area contributed by atoms with Crippen molar-refractivity contribution in [2.75, 3.05) is 7.11 Å². The quantitative estimate of drug-likeness (QED) is 0.828. The number of ether oxygens (including phenoxy) is 1. The Morgan fingerprint density at radius 3 is 2.50 bits per heavy atom. The molecule has 2 nitrogen and oxygen atoms in total. The highest BCUT2D eigenvalue weighted by molar-refractivity contribution is 5.31. The van der Waals surface area contributed by atoms with Gasteiger partial charge in [0.2, 0.25) is 0 Å². The zero-order chi connectivity index (χ0) is 13.0. The summed E-state index contributed by atoms with van der Waals surface area (Å²) in [5.41, 5.74) is 0.764. The van der Waals surface area contributed by atoms with Gasteiger partial charge in [-0.1, -0.05) is 31.7 Å². The predicted octanol–water partition coefficient (Wildman–Crippen LogP) is 3.84. The Bertz CT molecular complexity index is 384. The minimum atomic E-state index is -0.502. The molecule has 1 aromatic carbocycles. The van der Waals surface area contributed by atoms with E-state index in [1.54, 1.807) is 12.1 Å². The zero-order valence-electron chi connectivity index (χ0n) is 10.9. The van der Waals surface area contributed by atoms with Gasteiger partial charge in [0, 0.05) is 0 Å². The van der Waals surface area contributed by atoms with E-state index in [1.807, 2.05) is 0 Å². The van der Waals surface area contributed by atoms with Gasteiger partial charge in [0.05, 0.1) is 13.2 Å². The molecule has 1 unspecified atom stereocenters. The van der Waals surface area contributed by atoms with E-state index in [-0.39, 0.29) is 11.6 Å². The second kappa shape index (κ2) is 6.19. The maximum atomic E-state index is 13.3. The van der Waals surface area contributed by atoms with Crippen molar-refractivity contribution in [2.45, 2.75) is 44.6 Å². The Morgan fingerprint density at radius 2 is 1.89 bits per heavy atom. The van der Waals surface area contributed by atoms with Gasteiger partial charge in [0.15, 0.2) is 11.6 Å². The third kappa shape index (κ3) is 3.02. The average molecular weight is 252 g/mol. The summed E-state index contributed by atoms with van der Waals surface area (Å²) in [5.74, 6) is 0.122. The van der Waals surface area contributed by atoms with Gasteiger partial charge >= 0.3 is 0 Å². The van der Waals surface area contributed by atoms with Crippen LogP contribution in [0.25, 0.3) is 0 Å². The second-order valence-electron chi connectivity index (χ2n) is 5.09. The van der Waals surface area contributed by atoms with E-state index < -0.39 is 6.10 Å². The summed E-state index contributed by atoms with van der Waals surface area (Å²) < 4.78 is 18.3. The molecule has 2 rings (SSSR count). The monoisotopic (exact) mass is 252 g/mol. The van der Waals surface area contributed by atoms with E-state index in [9.17, 15) is 9.50 Å². The summed E-state index contributed by atoms with van der Waals surface area (Å²) >= 11 is 0. The molecule has 0 bridgehead atoms. The molecule has 1 aliphatic carbocycles. The lowest BCUT2D eigenvalue weighted by atomic mass is 9.89. The molecule has 1 aromatic rings. The van der Waals surface area contributed by atoms with Crippen LogP contribution in [-0.2, 0) is 0 Å². The van der Waals surface area contributed by atoms with Crippen molar-refractivity contribution in [1.82, 2.24) is 0 Å². The van der Waals surface area contributed by atoms with Crippen LogP contribution in [0.1, 0.15) is 50.2 Å². The molecule has 0 radical (unpaired) electrons. The van der Waals surface area contributed by atoms with Crippen LogP contribution in [0, 0.1) is 11.7 Å². The number of hydrogen-bond acceptors (Lipinski definition) is 2. The van der Waals surface area contributed by atoms with Gasteiger partial charge in [-0.05, 0) is 36.5 Å². The van der Waals surface area contributed by atoms with E-state index in [4.69, 9.17) is 4.74 Å². The third-order valence-electron chi connectivity index (χ3n) is 3.86. The number of rotatable bonds is 3. The summed E-state index contributed by atoms with van der Waals surface area (Å²) in [4.78, 5) is 0. The van der Waals surface area contributed by atoms with Crippen molar-refractivity contribution in [3.8, 4) is 5.75 Å². The van der Waals surface area contributed by atoms with Crippen molar-refractivity contribution in [3.63, 3.8) is 0 Å². The molecule has 0 aromatic heterocycles. The topological polar surface area (TPSA) is 29.5 Å². The highest BCUT2D eigenvalue weighted by Gasteiger charge is 2.22. The molecule has 0 saturated heterocycles. The Hall–Kier alpha value is -1.09. The first-order chi connectivity index (χ1) is 8.72. The van der Waals surface area contributed by atoms with Gasteiger partial charge in [-0.15, -0.1) is 0 Å². The number of methoxy groups -OCH3 is 1. The van der Waals surface area contributed by atoms with E-state index in [0.717, 1.165) is 18.4 Å². The molecule has 1 saturated carbocycles. The van der Waals surface area contributed by atoms with Gasteiger partial charge in [0.25, 0.3) is 0 Å². The van der Waals surface area contributed by atoms with E-state index in [1.165, 1.54) is 38.9 Å². The molecule has 0 spiro atoms. The molecule has 1 aliphatic rings. The lowest BCUT2D eigenvalue weighted by molar-refractivity contribution is 0.0984. The first-order valence-corrected chi connectivity index (χ1v) is 6.74. The first kappa shape index (κ1) is 13.3. The van der Waals surface area contributed by atoms with Gasteiger partial charge in [0.1, 0.15) is 0 Å².